The molecule has 0 atom stereocenters. The Morgan fingerprint density at radius 1 is 1.27 bits per heavy atom. The van der Waals surface area contributed by atoms with Gasteiger partial charge in [-0.15, -0.1) is 0 Å². The van der Waals surface area contributed by atoms with Crippen molar-refractivity contribution in [3.05, 3.63) is 69.1 Å². The zero-order chi connectivity index (χ0) is 18.8. The Morgan fingerprint density at radius 2 is 2.04 bits per heavy atom. The van der Waals surface area contributed by atoms with Gasteiger partial charge < -0.3 is 5.11 Å². The number of hydrogen-bond donors (Lipinski definition) is 1. The van der Waals surface area contributed by atoms with Gasteiger partial charge in [0.05, 0.1) is 11.3 Å². The third-order valence-electron chi connectivity index (χ3n) is 4.16. The molecule has 0 unspecified atom stereocenters. The minimum atomic E-state index is -1.18. The van der Waals surface area contributed by atoms with Gasteiger partial charge in [-0.05, 0) is 28.9 Å². The maximum Gasteiger partial charge on any atom is 0.307 e. The Hall–Kier alpha value is -2.28. The summed E-state index contributed by atoms with van der Waals surface area (Å²) in [5.74, 6) is -3.91. The zero-order valence-corrected chi connectivity index (χ0v) is 14.8. The van der Waals surface area contributed by atoms with Crippen LogP contribution in [0.15, 0.2) is 34.2 Å². The maximum absolute atomic E-state index is 14.0. The summed E-state index contributed by atoms with van der Waals surface area (Å²) in [5.41, 5.74) is 2.21. The van der Waals surface area contributed by atoms with Crippen molar-refractivity contribution in [2.24, 2.45) is 0 Å². The quantitative estimate of drug-likeness (QED) is 0.779. The molecule has 3 nitrogen and oxygen atoms in total. The maximum atomic E-state index is 14.0. The molecule has 1 aromatic carbocycles. The second-order valence-electron chi connectivity index (χ2n) is 5.99. The summed E-state index contributed by atoms with van der Waals surface area (Å²) in [7, 11) is 0. The van der Waals surface area contributed by atoms with Gasteiger partial charge in [0, 0.05) is 29.9 Å². The second kappa shape index (κ2) is 7.53. The van der Waals surface area contributed by atoms with Crippen molar-refractivity contribution < 1.29 is 23.1 Å². The van der Waals surface area contributed by atoms with E-state index >= 15 is 0 Å². The van der Waals surface area contributed by atoms with Crippen LogP contribution in [-0.4, -0.2) is 16.1 Å². The lowest BCUT2D eigenvalue weighted by Crippen LogP contribution is -2.07. The number of aromatic nitrogens is 1. The van der Waals surface area contributed by atoms with Gasteiger partial charge in [-0.2, -0.15) is 0 Å². The second-order valence-corrected chi connectivity index (χ2v) is 7.13. The molecule has 1 aliphatic rings. The molecule has 3 rings (SSSR count). The highest BCUT2D eigenvalue weighted by Gasteiger charge is 2.23. The summed E-state index contributed by atoms with van der Waals surface area (Å²) < 4.78 is 41.2. The predicted molar refractivity (Wildman–Crippen MR) is 92.6 cm³/mol. The molecular formula is C19H16F3NO2S. The van der Waals surface area contributed by atoms with Crippen LogP contribution >= 0.6 is 11.8 Å². The van der Waals surface area contributed by atoms with Gasteiger partial charge in [0.15, 0.2) is 11.6 Å². The highest BCUT2D eigenvalue weighted by molar-refractivity contribution is 8.03. The number of carboxylic acid groups (broad SMARTS) is 1. The predicted octanol–water partition coefficient (Wildman–Crippen LogP) is 4.46. The van der Waals surface area contributed by atoms with E-state index in [1.54, 1.807) is 18.3 Å². The zero-order valence-electron chi connectivity index (χ0n) is 14.0. The van der Waals surface area contributed by atoms with Crippen LogP contribution in [0.25, 0.3) is 0 Å². The minimum Gasteiger partial charge on any atom is -0.481 e. The molecule has 2 aromatic rings. The molecule has 26 heavy (non-hydrogen) atoms. The van der Waals surface area contributed by atoms with Crippen LogP contribution in [0.3, 0.4) is 0 Å². The first kappa shape index (κ1) is 18.5. The molecule has 0 amide bonds. The first-order valence-corrected chi connectivity index (χ1v) is 8.92. The molecule has 0 spiro atoms. The number of aliphatic carboxylic acids is 1. The van der Waals surface area contributed by atoms with Gasteiger partial charge in [-0.25, -0.2) is 13.2 Å². The number of carbonyl (C=O) groups is 1. The van der Waals surface area contributed by atoms with Crippen molar-refractivity contribution >= 4 is 17.7 Å². The van der Waals surface area contributed by atoms with Gasteiger partial charge in [-0.1, -0.05) is 30.8 Å². The summed E-state index contributed by atoms with van der Waals surface area (Å²) in [6.45, 7) is 1.90. The number of thioether (sulfide) groups is 1. The van der Waals surface area contributed by atoms with Gasteiger partial charge in [0.2, 0.25) is 0 Å². The molecule has 1 N–H and O–H groups in total. The van der Waals surface area contributed by atoms with E-state index in [4.69, 9.17) is 5.11 Å². The number of fused-ring (bicyclic) bond motifs is 1. The van der Waals surface area contributed by atoms with E-state index in [2.05, 4.69) is 4.98 Å². The van der Waals surface area contributed by atoms with Crippen molar-refractivity contribution in [3.63, 3.8) is 0 Å². The van der Waals surface area contributed by atoms with E-state index in [1.807, 2.05) is 6.92 Å². The standard InChI is InChI=1S/C19H16F3NO2S/c1-2-16-11(7-17(24)25)5-10(9-23-16)6-12-3-4-13-18(22)14(20)8-15(21)19(13)26-12/h3,5,8-9H,2,4,6-7H2,1H3,(H,24,25). The smallest absolute Gasteiger partial charge is 0.307 e. The molecule has 7 heteroatoms. The third kappa shape index (κ3) is 3.77. The van der Waals surface area contributed by atoms with E-state index in [1.165, 1.54) is 0 Å². The molecule has 0 radical (unpaired) electrons. The SMILES string of the molecule is CCc1ncc(CC2=CCc3c(F)c(F)cc(F)c3S2)cc1CC(=O)O. The molecule has 0 bridgehead atoms. The first-order chi connectivity index (χ1) is 12.4. The Morgan fingerprint density at radius 3 is 2.73 bits per heavy atom. The number of benzene rings is 1. The van der Waals surface area contributed by atoms with Gasteiger partial charge in [0.25, 0.3) is 0 Å². The van der Waals surface area contributed by atoms with Gasteiger partial charge in [0.1, 0.15) is 5.82 Å². The monoisotopic (exact) mass is 379 g/mol. The number of allylic oxidation sites excluding steroid dienone is 2. The van der Waals surface area contributed by atoms with Crippen molar-refractivity contribution in [2.75, 3.05) is 0 Å². The van der Waals surface area contributed by atoms with Crippen LogP contribution in [-0.2, 0) is 30.5 Å². The molecule has 0 aliphatic carbocycles. The molecule has 1 aromatic heterocycles. The normalized spacial score (nSPS) is 13.3. The van der Waals surface area contributed by atoms with Crippen LogP contribution in [0.5, 0.6) is 0 Å². The number of halogens is 3. The van der Waals surface area contributed by atoms with Crippen LogP contribution in [0.2, 0.25) is 0 Å². The number of aryl methyl sites for hydroxylation is 1. The van der Waals surface area contributed by atoms with E-state index in [0.29, 0.717) is 24.5 Å². The molecular weight excluding hydrogens is 363 g/mol. The van der Waals surface area contributed by atoms with E-state index in [9.17, 15) is 18.0 Å². The van der Waals surface area contributed by atoms with Crippen LogP contribution < -0.4 is 0 Å². The summed E-state index contributed by atoms with van der Waals surface area (Å²) >= 11 is 1.07. The topological polar surface area (TPSA) is 50.2 Å². The summed E-state index contributed by atoms with van der Waals surface area (Å²) in [4.78, 5) is 16.2. The summed E-state index contributed by atoms with van der Waals surface area (Å²) in [6.07, 6.45) is 4.46. The Balaban J connectivity index is 1.84. The van der Waals surface area contributed by atoms with Crippen molar-refractivity contribution in [3.8, 4) is 0 Å². The van der Waals surface area contributed by atoms with Crippen LogP contribution in [0.4, 0.5) is 13.2 Å². The van der Waals surface area contributed by atoms with E-state index < -0.39 is 23.4 Å². The fourth-order valence-corrected chi connectivity index (χ4v) is 4.06. The number of pyridine rings is 1. The molecule has 136 valence electrons. The third-order valence-corrected chi connectivity index (χ3v) is 5.38. The molecule has 0 saturated carbocycles. The first-order valence-electron chi connectivity index (χ1n) is 8.10. The Kier molecular flexibility index (Phi) is 5.36. The lowest BCUT2D eigenvalue weighted by Gasteiger charge is -2.18. The van der Waals surface area contributed by atoms with E-state index in [0.717, 1.165) is 27.9 Å². The van der Waals surface area contributed by atoms with Crippen LogP contribution in [0, 0.1) is 17.5 Å². The lowest BCUT2D eigenvalue weighted by atomic mass is 10.0. The fourth-order valence-electron chi connectivity index (χ4n) is 2.94. The average molecular weight is 379 g/mol. The molecule has 0 saturated heterocycles. The summed E-state index contributed by atoms with van der Waals surface area (Å²) in [6, 6.07) is 2.35. The number of carboxylic acids is 1. The van der Waals surface area contributed by atoms with Crippen molar-refractivity contribution in [2.45, 2.75) is 37.5 Å². The fraction of sp³-hybridized carbons (Fsp3) is 0.263. The number of rotatable bonds is 5. The lowest BCUT2D eigenvalue weighted by molar-refractivity contribution is -0.136. The highest BCUT2D eigenvalue weighted by atomic mass is 32.2. The molecule has 0 fully saturated rings. The molecule has 2 heterocycles. The average Bonchev–Trinajstić information content (AvgIpc) is 2.59. The van der Waals surface area contributed by atoms with Crippen molar-refractivity contribution in [1.82, 2.24) is 4.98 Å². The number of nitrogens with zero attached hydrogens (tertiary/aromatic N) is 1. The summed E-state index contributed by atoms with van der Waals surface area (Å²) in [5, 5.41) is 9.04. The van der Waals surface area contributed by atoms with Gasteiger partial charge >= 0.3 is 5.97 Å². The minimum absolute atomic E-state index is 0.0299. The Bertz CT molecular complexity index is 912. The van der Waals surface area contributed by atoms with Crippen LogP contribution in [0.1, 0.15) is 29.3 Å². The van der Waals surface area contributed by atoms with E-state index in [-0.39, 0.29) is 23.3 Å². The Labute approximate surface area is 153 Å². The number of hydrogen-bond acceptors (Lipinski definition) is 3. The highest BCUT2D eigenvalue weighted by Crippen LogP contribution is 2.40. The van der Waals surface area contributed by atoms with Crippen molar-refractivity contribution in [1.29, 1.82) is 0 Å². The van der Waals surface area contributed by atoms with Gasteiger partial charge in [-0.3, -0.25) is 9.78 Å². The molecule has 1 aliphatic heterocycles. The largest absolute Gasteiger partial charge is 0.481 e.